The lowest BCUT2D eigenvalue weighted by molar-refractivity contribution is -0.136. The topological polar surface area (TPSA) is 97.4 Å². The molecule has 0 fully saturated rings. The maximum absolute atomic E-state index is 13.0. The Kier molecular flexibility index (Phi) is 4.41. The molecule has 6 nitrogen and oxygen atoms in total. The summed E-state index contributed by atoms with van der Waals surface area (Å²) >= 11 is 0. The maximum Gasteiger partial charge on any atom is 0.417 e. The molecule has 0 atom stereocenters. The largest absolute Gasteiger partial charge is 0.423 e. The minimum Gasteiger partial charge on any atom is -0.423 e. The van der Waals surface area contributed by atoms with Crippen LogP contribution in [-0.2, 0) is 16.3 Å². The highest BCUT2D eigenvalue weighted by atomic mass is 32.2. The summed E-state index contributed by atoms with van der Waals surface area (Å²) in [6, 6.07) is 9.91. The van der Waals surface area contributed by atoms with Crippen LogP contribution >= 0.6 is 0 Å². The third-order valence-corrected chi connectivity index (χ3v) is 4.72. The lowest BCUT2D eigenvalue weighted by Crippen LogP contribution is -2.12. The van der Waals surface area contributed by atoms with Crippen LogP contribution in [0, 0.1) is 11.3 Å². The number of nitriles is 1. The summed E-state index contributed by atoms with van der Waals surface area (Å²) in [4.78, 5) is 11.1. The minimum atomic E-state index is -4.79. The Hall–Kier alpha value is -3.32. The molecule has 1 aromatic heterocycles. The lowest BCUT2D eigenvalue weighted by atomic mass is 10.1. The maximum atomic E-state index is 13.0. The van der Waals surface area contributed by atoms with Crippen LogP contribution in [0.4, 0.5) is 13.2 Å². The number of alkyl halides is 3. The van der Waals surface area contributed by atoms with Crippen molar-refractivity contribution < 1.29 is 30.2 Å². The van der Waals surface area contributed by atoms with Gasteiger partial charge in [-0.15, -0.1) is 0 Å². The fourth-order valence-corrected chi connectivity index (χ4v) is 3.30. The van der Waals surface area contributed by atoms with E-state index in [9.17, 15) is 26.4 Å². The van der Waals surface area contributed by atoms with Gasteiger partial charge < -0.3 is 8.60 Å². The van der Waals surface area contributed by atoms with Gasteiger partial charge in [0.2, 0.25) is 0 Å². The summed E-state index contributed by atoms with van der Waals surface area (Å²) in [7, 11) is -4.36. The van der Waals surface area contributed by atoms with Crippen molar-refractivity contribution in [2.45, 2.75) is 11.1 Å². The van der Waals surface area contributed by atoms with Crippen molar-refractivity contribution in [3.63, 3.8) is 0 Å². The van der Waals surface area contributed by atoms with E-state index in [-0.39, 0.29) is 16.2 Å². The summed E-state index contributed by atoms with van der Waals surface area (Å²) in [5, 5.41) is 8.42. The molecule has 0 amide bonds. The third kappa shape index (κ3) is 3.78. The molecule has 0 radical (unpaired) electrons. The monoisotopic (exact) mass is 395 g/mol. The van der Waals surface area contributed by atoms with Gasteiger partial charge in [-0.05, 0) is 30.3 Å². The van der Waals surface area contributed by atoms with E-state index in [0.717, 1.165) is 24.3 Å². The number of hydrogen-bond donors (Lipinski definition) is 0. The predicted molar refractivity (Wildman–Crippen MR) is 86.5 cm³/mol. The highest BCUT2D eigenvalue weighted by molar-refractivity contribution is 7.87. The lowest BCUT2D eigenvalue weighted by Gasteiger charge is -2.11. The van der Waals surface area contributed by atoms with E-state index in [1.165, 1.54) is 18.2 Å². The first kappa shape index (κ1) is 18.5. The van der Waals surface area contributed by atoms with Gasteiger partial charge in [0.1, 0.15) is 16.2 Å². The molecule has 0 aliphatic rings. The van der Waals surface area contributed by atoms with Gasteiger partial charge in [0.05, 0.1) is 17.2 Å². The zero-order chi connectivity index (χ0) is 19.8. The molecule has 3 aromatic rings. The number of halogens is 3. The van der Waals surface area contributed by atoms with Crippen LogP contribution in [-0.4, -0.2) is 8.42 Å². The molecule has 0 bridgehead atoms. The Morgan fingerprint density at radius 3 is 2.48 bits per heavy atom. The average molecular weight is 395 g/mol. The van der Waals surface area contributed by atoms with Gasteiger partial charge in [-0.1, -0.05) is 6.07 Å². The first-order valence-corrected chi connectivity index (χ1v) is 8.61. The van der Waals surface area contributed by atoms with E-state index < -0.39 is 38.5 Å². The second kappa shape index (κ2) is 6.44. The van der Waals surface area contributed by atoms with Gasteiger partial charge in [-0.25, -0.2) is 4.79 Å². The van der Waals surface area contributed by atoms with E-state index in [0.29, 0.717) is 6.07 Å². The molecule has 0 aliphatic heterocycles. The van der Waals surface area contributed by atoms with Crippen molar-refractivity contribution >= 4 is 21.1 Å². The van der Waals surface area contributed by atoms with Gasteiger partial charge in [-0.3, -0.25) is 0 Å². The van der Waals surface area contributed by atoms with E-state index in [2.05, 4.69) is 0 Å². The molecule has 1 heterocycles. The molecule has 2 aromatic carbocycles. The molecule has 0 spiro atoms. The van der Waals surface area contributed by atoms with Crippen molar-refractivity contribution in [1.82, 2.24) is 0 Å². The molecule has 3 rings (SSSR count). The van der Waals surface area contributed by atoms with Gasteiger partial charge in [-0.2, -0.15) is 26.9 Å². The first-order chi connectivity index (χ1) is 12.6. The summed E-state index contributed by atoms with van der Waals surface area (Å²) in [6.07, 6.45) is -4.79. The Morgan fingerprint density at radius 2 is 1.81 bits per heavy atom. The predicted octanol–water partition coefficient (Wildman–Crippen LogP) is 3.45. The average Bonchev–Trinajstić information content (AvgIpc) is 2.59. The summed E-state index contributed by atoms with van der Waals surface area (Å²) in [5.41, 5.74) is -2.84. The highest BCUT2D eigenvalue weighted by Crippen LogP contribution is 2.35. The van der Waals surface area contributed by atoms with Crippen molar-refractivity contribution in [3.8, 4) is 11.8 Å². The zero-order valence-electron chi connectivity index (χ0n) is 13.1. The van der Waals surface area contributed by atoms with Gasteiger partial charge in [0, 0.05) is 17.5 Å². The van der Waals surface area contributed by atoms with Crippen LogP contribution in [0.15, 0.2) is 62.6 Å². The van der Waals surface area contributed by atoms with E-state index >= 15 is 0 Å². The third-order valence-electron chi connectivity index (χ3n) is 3.48. The molecule has 10 heteroatoms. The molecular formula is C17H8F3NO5S. The molecule has 0 unspecified atom stereocenters. The fraction of sp³-hybridized carbons (Fsp3) is 0.0588. The number of nitrogens with zero attached hydrogens (tertiary/aromatic N) is 1. The number of hydrogen-bond acceptors (Lipinski definition) is 6. The molecule has 0 saturated heterocycles. The fourth-order valence-electron chi connectivity index (χ4n) is 2.33. The smallest absolute Gasteiger partial charge is 0.417 e. The summed E-state index contributed by atoms with van der Waals surface area (Å²) in [6.45, 7) is 0. The van der Waals surface area contributed by atoms with Crippen LogP contribution in [0.3, 0.4) is 0 Å². The number of fused-ring (bicyclic) bond motifs is 1. The molecule has 0 saturated carbocycles. The van der Waals surface area contributed by atoms with Gasteiger partial charge >= 0.3 is 21.9 Å². The van der Waals surface area contributed by atoms with Crippen LogP contribution in [0.25, 0.3) is 11.0 Å². The normalized spacial score (nSPS) is 11.9. The Balaban J connectivity index is 2.06. The Labute approximate surface area is 150 Å². The summed E-state index contributed by atoms with van der Waals surface area (Å²) < 4.78 is 73.3. The van der Waals surface area contributed by atoms with Crippen molar-refractivity contribution in [1.29, 1.82) is 5.26 Å². The first-order valence-electron chi connectivity index (χ1n) is 7.20. The molecule has 138 valence electrons. The second-order valence-electron chi connectivity index (χ2n) is 5.31. The quantitative estimate of drug-likeness (QED) is 0.498. The molecule has 0 aliphatic carbocycles. The number of rotatable bonds is 3. The summed E-state index contributed by atoms with van der Waals surface area (Å²) in [5.74, 6) is -0.354. The van der Waals surface area contributed by atoms with Crippen molar-refractivity contribution in [2.24, 2.45) is 0 Å². The van der Waals surface area contributed by atoms with Crippen LogP contribution in [0.1, 0.15) is 11.1 Å². The standard InChI is InChI=1S/C17H8F3NO5S/c18-17(19,20)14-8-16(22)25-15-7-11(4-5-13(14)15)26-27(23,24)12-3-1-2-10(6-12)9-21/h1-8H. The minimum absolute atomic E-state index is 0.0824. The number of benzene rings is 2. The zero-order valence-corrected chi connectivity index (χ0v) is 14.0. The van der Waals surface area contributed by atoms with E-state index in [1.54, 1.807) is 6.07 Å². The molecular weight excluding hydrogens is 387 g/mol. The SMILES string of the molecule is N#Cc1cccc(S(=O)(=O)Oc2ccc3c(C(F)(F)F)cc(=O)oc3c2)c1. The van der Waals surface area contributed by atoms with Gasteiger partial charge in [0.25, 0.3) is 0 Å². The van der Waals surface area contributed by atoms with Crippen LogP contribution in [0.5, 0.6) is 5.75 Å². The van der Waals surface area contributed by atoms with Gasteiger partial charge in [0.15, 0.2) is 0 Å². The van der Waals surface area contributed by atoms with E-state index in [1.807, 2.05) is 0 Å². The highest BCUT2D eigenvalue weighted by Gasteiger charge is 2.34. The Bertz CT molecular complexity index is 1240. The van der Waals surface area contributed by atoms with Crippen molar-refractivity contribution in [3.05, 3.63) is 70.1 Å². The van der Waals surface area contributed by atoms with Crippen LogP contribution < -0.4 is 9.81 Å². The Morgan fingerprint density at radius 1 is 1.07 bits per heavy atom. The van der Waals surface area contributed by atoms with E-state index in [4.69, 9.17) is 13.9 Å². The van der Waals surface area contributed by atoms with Crippen LogP contribution in [0.2, 0.25) is 0 Å². The van der Waals surface area contributed by atoms with Crippen molar-refractivity contribution in [2.75, 3.05) is 0 Å². The molecule has 0 N–H and O–H groups in total. The molecule has 27 heavy (non-hydrogen) atoms. The second-order valence-corrected chi connectivity index (χ2v) is 6.86.